The summed E-state index contributed by atoms with van der Waals surface area (Å²) in [5.41, 5.74) is 5.38. The van der Waals surface area contributed by atoms with E-state index < -0.39 is 25.2 Å². The number of nitrogens with one attached hydrogen (secondary N) is 2. The first-order valence-electron chi connectivity index (χ1n) is 10.4. The van der Waals surface area contributed by atoms with Crippen LogP contribution in [0.15, 0.2) is 51.8 Å². The smallest absolute Gasteiger partial charge is 0.262 e. The molecule has 4 rings (SSSR count). The Bertz CT molecular complexity index is 1430. The molecule has 0 radical (unpaired) electrons. The fourth-order valence-corrected chi connectivity index (χ4v) is 6.62. The number of nitrogens with zero attached hydrogens (tertiary/aromatic N) is 2. The molecule has 0 unspecified atom stereocenters. The van der Waals surface area contributed by atoms with Gasteiger partial charge in [0, 0.05) is 18.0 Å². The zero-order chi connectivity index (χ0) is 24.5. The van der Waals surface area contributed by atoms with Crippen LogP contribution < -0.4 is 4.72 Å². The van der Waals surface area contributed by atoms with Crippen molar-refractivity contribution < 1.29 is 17.2 Å². The van der Waals surface area contributed by atoms with E-state index in [1.54, 1.807) is 6.20 Å². The summed E-state index contributed by atoms with van der Waals surface area (Å²) >= 11 is 1.65. The lowest BCUT2D eigenvalue weighted by Crippen LogP contribution is -2.13. The van der Waals surface area contributed by atoms with Crippen LogP contribution in [0.3, 0.4) is 0 Å². The Kier molecular flexibility index (Phi) is 7.06. The molecule has 3 heterocycles. The summed E-state index contributed by atoms with van der Waals surface area (Å²) in [6.45, 7) is 6.06. The van der Waals surface area contributed by atoms with E-state index in [0.717, 1.165) is 28.7 Å². The normalized spacial score (nSPS) is 11.7. The van der Waals surface area contributed by atoms with Crippen molar-refractivity contribution in [3.8, 4) is 11.3 Å². The molecule has 0 amide bonds. The maximum atomic E-state index is 14.0. The van der Waals surface area contributed by atoms with Gasteiger partial charge in [0.1, 0.15) is 10.8 Å². The molecule has 0 aliphatic heterocycles. The third kappa shape index (κ3) is 5.31. The first-order valence-corrected chi connectivity index (χ1v) is 13.7. The molecule has 11 heteroatoms. The van der Waals surface area contributed by atoms with Crippen molar-refractivity contribution in [1.82, 2.24) is 15.2 Å². The molecular weight excluding hydrogens is 498 g/mol. The van der Waals surface area contributed by atoms with E-state index in [9.17, 15) is 17.2 Å². The molecule has 0 atom stereocenters. The number of halogens is 2. The Morgan fingerprint density at radius 2 is 1.82 bits per heavy atom. The molecule has 0 saturated carbocycles. The van der Waals surface area contributed by atoms with Crippen LogP contribution in [0.1, 0.15) is 29.2 Å². The van der Waals surface area contributed by atoms with Crippen LogP contribution in [0.25, 0.3) is 11.3 Å². The van der Waals surface area contributed by atoms with Crippen LogP contribution in [0.2, 0.25) is 0 Å². The molecular formula is C23H22F2N4O2S3. The second-order valence-corrected chi connectivity index (χ2v) is 11.6. The van der Waals surface area contributed by atoms with E-state index >= 15 is 0 Å². The number of pyridine rings is 1. The third-order valence-corrected chi connectivity index (χ3v) is 8.79. The maximum Gasteiger partial charge on any atom is 0.275 e. The van der Waals surface area contributed by atoms with Crippen molar-refractivity contribution in [1.29, 1.82) is 0 Å². The topological polar surface area (TPSA) is 87.7 Å². The molecule has 0 spiro atoms. The number of aryl methyl sites for hydroxylation is 3. The summed E-state index contributed by atoms with van der Waals surface area (Å²) in [4.78, 5) is 4.42. The Morgan fingerprint density at radius 3 is 2.47 bits per heavy atom. The average Bonchev–Trinajstić information content (AvgIpc) is 3.33. The predicted molar refractivity (Wildman–Crippen MR) is 132 cm³/mol. The molecule has 0 bridgehead atoms. The molecule has 3 aromatic heterocycles. The molecule has 1 aromatic carbocycles. The lowest BCUT2D eigenvalue weighted by Gasteiger charge is -2.09. The highest BCUT2D eigenvalue weighted by molar-refractivity contribution is 7.98. The van der Waals surface area contributed by atoms with Crippen LogP contribution in [-0.4, -0.2) is 23.6 Å². The average molecular weight is 521 g/mol. The maximum absolute atomic E-state index is 14.0. The zero-order valence-electron chi connectivity index (χ0n) is 18.6. The lowest BCUT2D eigenvalue weighted by atomic mass is 10.1. The fourth-order valence-electron chi connectivity index (χ4n) is 3.57. The van der Waals surface area contributed by atoms with Gasteiger partial charge in [-0.15, -0.1) is 0 Å². The first-order chi connectivity index (χ1) is 16.2. The Hall–Kier alpha value is -2.76. The summed E-state index contributed by atoms with van der Waals surface area (Å²) in [6, 6.07) is 10.5. The number of hydrogen-bond acceptors (Lipinski definition) is 6. The predicted octanol–water partition coefficient (Wildman–Crippen LogP) is 6.08. The minimum absolute atomic E-state index is 0.0388. The number of aromatic amines is 1. The van der Waals surface area contributed by atoms with Gasteiger partial charge >= 0.3 is 0 Å². The minimum Gasteiger partial charge on any atom is -0.262 e. The first kappa shape index (κ1) is 24.4. The van der Waals surface area contributed by atoms with Gasteiger partial charge in [0.25, 0.3) is 10.0 Å². The highest BCUT2D eigenvalue weighted by atomic mass is 32.2. The number of rotatable bonds is 8. The number of anilines is 1. The SMILES string of the molecule is CCc1ccnc(-c2c(SCc3cc(C)cc(C)c3)n[nH]c2NS(=O)(=O)c2sc(F)cc2F)c1. The molecule has 0 aliphatic rings. The molecule has 6 nitrogen and oxygen atoms in total. The Balaban J connectivity index is 1.73. The molecule has 0 fully saturated rings. The monoisotopic (exact) mass is 520 g/mol. The van der Waals surface area contributed by atoms with Crippen molar-refractivity contribution in [2.75, 3.05) is 4.72 Å². The van der Waals surface area contributed by atoms with Gasteiger partial charge in [0.2, 0.25) is 0 Å². The Labute approximate surface area is 204 Å². The van der Waals surface area contributed by atoms with E-state index in [1.165, 1.54) is 11.8 Å². The summed E-state index contributed by atoms with van der Waals surface area (Å²) in [5.74, 6) is -0.506. The zero-order valence-corrected chi connectivity index (χ0v) is 21.1. The van der Waals surface area contributed by atoms with Gasteiger partial charge < -0.3 is 0 Å². The minimum atomic E-state index is -4.39. The molecule has 34 heavy (non-hydrogen) atoms. The molecule has 0 saturated heterocycles. The van der Waals surface area contributed by atoms with E-state index in [1.807, 2.05) is 32.9 Å². The standard InChI is InChI=1S/C23H22F2N4O2S3/c1-4-15-5-6-26-18(10-15)20-21(29-34(30,31)23-17(24)11-19(25)33-23)27-28-22(20)32-12-16-8-13(2)7-14(3)9-16/h5-11H,4,12H2,1-3H3,(H2,27,28,29). The van der Waals surface area contributed by atoms with Crippen molar-refractivity contribution in [2.45, 2.75) is 42.2 Å². The highest BCUT2D eigenvalue weighted by Gasteiger charge is 2.27. The fraction of sp³-hybridized carbons (Fsp3) is 0.217. The number of thiophene rings is 1. The molecule has 0 aliphatic carbocycles. The summed E-state index contributed by atoms with van der Waals surface area (Å²) in [7, 11) is -4.39. The largest absolute Gasteiger partial charge is 0.275 e. The van der Waals surface area contributed by atoms with Crippen LogP contribution in [0.4, 0.5) is 14.6 Å². The molecule has 2 N–H and O–H groups in total. The van der Waals surface area contributed by atoms with Gasteiger partial charge in [-0.1, -0.05) is 59.3 Å². The third-order valence-electron chi connectivity index (χ3n) is 4.98. The second kappa shape index (κ2) is 9.85. The van der Waals surface area contributed by atoms with E-state index in [4.69, 9.17) is 0 Å². The Morgan fingerprint density at radius 1 is 1.09 bits per heavy atom. The highest BCUT2D eigenvalue weighted by Crippen LogP contribution is 2.38. The van der Waals surface area contributed by atoms with Gasteiger partial charge in [-0.2, -0.15) is 9.49 Å². The van der Waals surface area contributed by atoms with Crippen molar-refractivity contribution >= 4 is 38.9 Å². The van der Waals surface area contributed by atoms with Crippen LogP contribution in [0, 0.1) is 24.8 Å². The number of benzene rings is 1. The van der Waals surface area contributed by atoms with Gasteiger partial charge in [-0.25, -0.2) is 12.8 Å². The number of hydrogen-bond donors (Lipinski definition) is 2. The van der Waals surface area contributed by atoms with Crippen LogP contribution >= 0.6 is 23.1 Å². The van der Waals surface area contributed by atoms with E-state index in [-0.39, 0.29) is 17.2 Å². The van der Waals surface area contributed by atoms with Crippen molar-refractivity contribution in [2.24, 2.45) is 0 Å². The summed E-state index contributed by atoms with van der Waals surface area (Å²) < 4.78 is 54.7. The number of H-pyrrole nitrogens is 1. The van der Waals surface area contributed by atoms with Gasteiger partial charge in [0.05, 0.1) is 11.3 Å². The number of sulfonamides is 1. The number of aromatic nitrogens is 3. The van der Waals surface area contributed by atoms with Crippen molar-refractivity contribution in [3.05, 3.63) is 75.8 Å². The second-order valence-electron chi connectivity index (χ2n) is 7.76. The van der Waals surface area contributed by atoms with E-state index in [0.29, 0.717) is 28.1 Å². The van der Waals surface area contributed by atoms with Crippen molar-refractivity contribution in [3.63, 3.8) is 0 Å². The van der Waals surface area contributed by atoms with Gasteiger partial charge in [0.15, 0.2) is 15.2 Å². The lowest BCUT2D eigenvalue weighted by molar-refractivity contribution is 0.574. The quantitative estimate of drug-likeness (QED) is 0.275. The molecule has 4 aromatic rings. The van der Waals surface area contributed by atoms with E-state index in [2.05, 4.69) is 38.1 Å². The van der Waals surface area contributed by atoms with Gasteiger partial charge in [-0.3, -0.25) is 14.8 Å². The summed E-state index contributed by atoms with van der Waals surface area (Å²) in [6.07, 6.45) is 2.41. The molecule has 178 valence electrons. The summed E-state index contributed by atoms with van der Waals surface area (Å²) in [5, 5.41) is 6.64. The van der Waals surface area contributed by atoms with Gasteiger partial charge in [-0.05, 0) is 43.5 Å². The number of thioether (sulfide) groups is 1. The van der Waals surface area contributed by atoms with Crippen LogP contribution in [0.5, 0.6) is 0 Å². The van der Waals surface area contributed by atoms with Crippen LogP contribution in [-0.2, 0) is 22.2 Å².